The van der Waals surface area contributed by atoms with E-state index in [0.717, 1.165) is 49.1 Å². The molecule has 0 fully saturated rings. The van der Waals surface area contributed by atoms with Gasteiger partial charge in [0.15, 0.2) is 0 Å². The minimum atomic E-state index is -0.299. The van der Waals surface area contributed by atoms with Crippen LogP contribution in [0.5, 0.6) is 0 Å². The van der Waals surface area contributed by atoms with Crippen molar-refractivity contribution in [3.63, 3.8) is 0 Å². The lowest BCUT2D eigenvalue weighted by Gasteiger charge is -2.21. The van der Waals surface area contributed by atoms with Crippen LogP contribution in [-0.2, 0) is 19.3 Å². The zero-order valence-corrected chi connectivity index (χ0v) is 13.4. The molecule has 23 heavy (non-hydrogen) atoms. The molecule has 2 heterocycles. The number of aromatic amines is 1. The van der Waals surface area contributed by atoms with E-state index in [1.54, 1.807) is 12.3 Å². The van der Waals surface area contributed by atoms with Gasteiger partial charge in [0.25, 0.3) is 11.5 Å². The number of amides is 1. The molecule has 1 amide bonds. The number of hydrogen-bond donors (Lipinski definition) is 2. The third kappa shape index (κ3) is 3.73. The first kappa shape index (κ1) is 15.6. The lowest BCUT2D eigenvalue weighted by atomic mass is 9.87. The zero-order chi connectivity index (χ0) is 16.2. The summed E-state index contributed by atoms with van der Waals surface area (Å²) in [5.74, 6) is 1.20. The van der Waals surface area contributed by atoms with E-state index in [0.29, 0.717) is 12.5 Å². The van der Waals surface area contributed by atoms with Crippen molar-refractivity contribution in [2.24, 2.45) is 5.92 Å². The van der Waals surface area contributed by atoms with Gasteiger partial charge < -0.3 is 14.7 Å². The second kappa shape index (κ2) is 6.86. The third-order valence-corrected chi connectivity index (χ3v) is 4.38. The summed E-state index contributed by atoms with van der Waals surface area (Å²) in [5, 5.41) is 2.82. The van der Waals surface area contributed by atoms with Gasteiger partial charge in [-0.05, 0) is 55.4 Å². The van der Waals surface area contributed by atoms with Crippen molar-refractivity contribution in [3.8, 4) is 0 Å². The topological polar surface area (TPSA) is 75.1 Å². The highest BCUT2D eigenvalue weighted by molar-refractivity contribution is 5.94. The highest BCUT2D eigenvalue weighted by atomic mass is 16.3. The molecule has 0 radical (unpaired) electrons. The number of hydrogen-bond acceptors (Lipinski definition) is 3. The van der Waals surface area contributed by atoms with Gasteiger partial charge in [-0.2, -0.15) is 0 Å². The Kier molecular flexibility index (Phi) is 4.65. The van der Waals surface area contributed by atoms with E-state index < -0.39 is 0 Å². The summed E-state index contributed by atoms with van der Waals surface area (Å²) in [6.45, 7) is 2.72. The standard InChI is InChI=1S/C18H22N2O3/c1-12-6-7-16-13(10-12)11-15(18(22)20-16)17(21)19-8-2-4-14-5-3-9-23-14/h3,5,9,11-12H,2,4,6-8,10H2,1H3,(H,19,21)(H,20,22)/t12-/m0/s1. The van der Waals surface area contributed by atoms with Gasteiger partial charge in [-0.25, -0.2) is 0 Å². The molecular formula is C18H22N2O3. The summed E-state index contributed by atoms with van der Waals surface area (Å²) in [7, 11) is 0. The Morgan fingerprint density at radius 2 is 2.35 bits per heavy atom. The monoisotopic (exact) mass is 314 g/mol. The van der Waals surface area contributed by atoms with Crippen LogP contribution in [-0.4, -0.2) is 17.4 Å². The molecule has 3 rings (SSSR count). The van der Waals surface area contributed by atoms with Crippen molar-refractivity contribution in [2.45, 2.75) is 39.0 Å². The van der Waals surface area contributed by atoms with Crippen LogP contribution in [0.3, 0.4) is 0 Å². The van der Waals surface area contributed by atoms with Crippen molar-refractivity contribution < 1.29 is 9.21 Å². The Morgan fingerprint density at radius 1 is 1.48 bits per heavy atom. The molecule has 0 spiro atoms. The fourth-order valence-electron chi connectivity index (χ4n) is 3.07. The summed E-state index contributed by atoms with van der Waals surface area (Å²) in [6.07, 6.45) is 6.08. The minimum absolute atomic E-state index is 0.218. The summed E-state index contributed by atoms with van der Waals surface area (Å²) in [5.41, 5.74) is 2.02. The summed E-state index contributed by atoms with van der Waals surface area (Å²) in [4.78, 5) is 27.2. The average Bonchev–Trinajstić information content (AvgIpc) is 3.04. The number of aromatic nitrogens is 1. The first-order valence-corrected chi connectivity index (χ1v) is 8.19. The van der Waals surface area contributed by atoms with Crippen LogP contribution in [0.1, 0.15) is 47.1 Å². The van der Waals surface area contributed by atoms with Crippen molar-refractivity contribution in [2.75, 3.05) is 6.54 Å². The zero-order valence-electron chi connectivity index (χ0n) is 13.4. The minimum Gasteiger partial charge on any atom is -0.469 e. The highest BCUT2D eigenvalue weighted by Crippen LogP contribution is 2.23. The predicted octanol–water partition coefficient (Wildman–Crippen LogP) is 2.46. The van der Waals surface area contributed by atoms with E-state index in [-0.39, 0.29) is 17.0 Å². The second-order valence-electron chi connectivity index (χ2n) is 6.30. The van der Waals surface area contributed by atoms with E-state index in [4.69, 9.17) is 4.42 Å². The molecule has 0 aromatic carbocycles. The predicted molar refractivity (Wildman–Crippen MR) is 87.6 cm³/mol. The van der Waals surface area contributed by atoms with E-state index in [1.807, 2.05) is 12.1 Å². The lowest BCUT2D eigenvalue weighted by Crippen LogP contribution is -2.32. The molecule has 1 aliphatic carbocycles. The number of pyridine rings is 1. The summed E-state index contributed by atoms with van der Waals surface area (Å²) < 4.78 is 5.25. The van der Waals surface area contributed by atoms with Crippen LogP contribution in [0.25, 0.3) is 0 Å². The molecule has 2 aromatic rings. The average molecular weight is 314 g/mol. The maximum atomic E-state index is 12.2. The van der Waals surface area contributed by atoms with Crippen LogP contribution >= 0.6 is 0 Å². The molecule has 0 unspecified atom stereocenters. The Morgan fingerprint density at radius 3 is 3.13 bits per heavy atom. The van der Waals surface area contributed by atoms with E-state index >= 15 is 0 Å². The van der Waals surface area contributed by atoms with E-state index in [1.165, 1.54) is 0 Å². The second-order valence-corrected chi connectivity index (χ2v) is 6.30. The fourth-order valence-corrected chi connectivity index (χ4v) is 3.07. The molecule has 2 aromatic heterocycles. The van der Waals surface area contributed by atoms with E-state index in [2.05, 4.69) is 17.2 Å². The van der Waals surface area contributed by atoms with Crippen molar-refractivity contribution >= 4 is 5.91 Å². The Balaban J connectivity index is 1.60. The smallest absolute Gasteiger partial charge is 0.261 e. The van der Waals surface area contributed by atoms with Crippen molar-refractivity contribution in [3.05, 3.63) is 57.4 Å². The number of nitrogens with one attached hydrogen (secondary N) is 2. The van der Waals surface area contributed by atoms with Crippen molar-refractivity contribution in [1.29, 1.82) is 0 Å². The SMILES string of the molecule is C[C@H]1CCc2[nH]c(=O)c(C(=O)NCCCc3ccco3)cc2C1. The van der Waals surface area contributed by atoms with Gasteiger partial charge in [0.05, 0.1) is 6.26 Å². The lowest BCUT2D eigenvalue weighted by molar-refractivity contribution is 0.0951. The largest absolute Gasteiger partial charge is 0.469 e. The number of aryl methyl sites for hydroxylation is 2. The van der Waals surface area contributed by atoms with Gasteiger partial charge in [-0.15, -0.1) is 0 Å². The van der Waals surface area contributed by atoms with Gasteiger partial charge in [0.1, 0.15) is 11.3 Å². The molecule has 122 valence electrons. The van der Waals surface area contributed by atoms with Crippen LogP contribution in [0.15, 0.2) is 33.7 Å². The molecule has 0 aliphatic heterocycles. The van der Waals surface area contributed by atoms with E-state index in [9.17, 15) is 9.59 Å². The molecule has 2 N–H and O–H groups in total. The molecule has 5 heteroatoms. The highest BCUT2D eigenvalue weighted by Gasteiger charge is 2.19. The molecule has 0 saturated carbocycles. The van der Waals surface area contributed by atoms with Gasteiger partial charge in [0, 0.05) is 18.7 Å². The van der Waals surface area contributed by atoms with Gasteiger partial charge in [-0.3, -0.25) is 9.59 Å². The number of carbonyl (C=O) groups is 1. The van der Waals surface area contributed by atoms with Crippen molar-refractivity contribution in [1.82, 2.24) is 10.3 Å². The normalized spacial score (nSPS) is 16.8. The maximum absolute atomic E-state index is 12.2. The number of H-pyrrole nitrogens is 1. The maximum Gasteiger partial charge on any atom is 0.261 e. The van der Waals surface area contributed by atoms with Crippen LogP contribution in [0.2, 0.25) is 0 Å². The quantitative estimate of drug-likeness (QED) is 0.832. The number of fused-ring (bicyclic) bond motifs is 1. The molecule has 1 aliphatic rings. The number of carbonyl (C=O) groups excluding carboxylic acids is 1. The number of rotatable bonds is 5. The molecule has 1 atom stereocenters. The molecule has 0 saturated heterocycles. The Labute approximate surface area is 135 Å². The first-order chi connectivity index (χ1) is 11.1. The van der Waals surface area contributed by atoms with Crippen LogP contribution < -0.4 is 10.9 Å². The van der Waals surface area contributed by atoms with Gasteiger partial charge >= 0.3 is 0 Å². The van der Waals surface area contributed by atoms with Crippen LogP contribution in [0, 0.1) is 5.92 Å². The summed E-state index contributed by atoms with van der Waals surface area (Å²) in [6, 6.07) is 5.53. The Bertz CT molecular complexity index is 731. The Hall–Kier alpha value is -2.30. The van der Waals surface area contributed by atoms with Gasteiger partial charge in [-0.1, -0.05) is 6.92 Å². The fraction of sp³-hybridized carbons (Fsp3) is 0.444. The first-order valence-electron chi connectivity index (χ1n) is 8.19. The summed E-state index contributed by atoms with van der Waals surface area (Å²) >= 11 is 0. The van der Waals surface area contributed by atoms with Gasteiger partial charge in [0.2, 0.25) is 0 Å². The molecule has 5 nitrogen and oxygen atoms in total. The molecule has 0 bridgehead atoms. The third-order valence-electron chi connectivity index (χ3n) is 4.38. The van der Waals surface area contributed by atoms with Crippen LogP contribution in [0.4, 0.5) is 0 Å². The molecular weight excluding hydrogens is 292 g/mol. The number of furan rings is 1.